The number of nitrogens with zero attached hydrogens (tertiary/aromatic N) is 4. The van der Waals surface area contributed by atoms with Crippen molar-refractivity contribution in [3.63, 3.8) is 0 Å². The molecule has 7 heteroatoms. The van der Waals surface area contributed by atoms with Gasteiger partial charge in [-0.1, -0.05) is 23.4 Å². The zero-order valence-electron chi connectivity index (χ0n) is 16.9. The van der Waals surface area contributed by atoms with E-state index in [2.05, 4.69) is 30.2 Å². The molecule has 1 aliphatic rings. The first-order valence-corrected chi connectivity index (χ1v) is 9.83. The molecule has 0 aliphatic carbocycles. The third-order valence-corrected chi connectivity index (χ3v) is 5.42. The third kappa shape index (κ3) is 3.44. The number of hydrogen-bond acceptors (Lipinski definition) is 6. The molecule has 0 saturated carbocycles. The summed E-state index contributed by atoms with van der Waals surface area (Å²) in [7, 11) is 2.07. The minimum Gasteiger partial charge on any atom is -0.454 e. The predicted octanol–water partition coefficient (Wildman–Crippen LogP) is 4.45. The fraction of sp³-hybridized carbons (Fsp3) is 0.217. The van der Waals surface area contributed by atoms with Gasteiger partial charge in [0.15, 0.2) is 11.5 Å². The molecule has 0 unspecified atom stereocenters. The molecule has 2 aromatic heterocycles. The highest BCUT2D eigenvalue weighted by atomic mass is 16.7. The monoisotopic (exact) mass is 402 g/mol. The lowest BCUT2D eigenvalue weighted by Crippen LogP contribution is -2.22. The van der Waals surface area contributed by atoms with Crippen LogP contribution in [0.1, 0.15) is 24.2 Å². The molecule has 5 rings (SSSR count). The van der Waals surface area contributed by atoms with E-state index in [1.54, 1.807) is 6.26 Å². The maximum absolute atomic E-state index is 5.57. The lowest BCUT2D eigenvalue weighted by Gasteiger charge is -2.22. The second-order valence-electron chi connectivity index (χ2n) is 7.37. The highest BCUT2D eigenvalue weighted by molar-refractivity contribution is 5.67. The minimum absolute atomic E-state index is 0.105. The lowest BCUT2D eigenvalue weighted by molar-refractivity contribution is 0.174. The fourth-order valence-corrected chi connectivity index (χ4v) is 3.59. The van der Waals surface area contributed by atoms with E-state index in [1.807, 2.05) is 59.3 Å². The Morgan fingerprint density at radius 2 is 1.90 bits per heavy atom. The average molecular weight is 402 g/mol. The van der Waals surface area contributed by atoms with Crippen LogP contribution in [0, 0.1) is 0 Å². The van der Waals surface area contributed by atoms with E-state index in [-0.39, 0.29) is 12.8 Å². The van der Waals surface area contributed by atoms with Gasteiger partial charge < -0.3 is 14.0 Å². The van der Waals surface area contributed by atoms with Gasteiger partial charge in [0.1, 0.15) is 12.0 Å². The molecule has 0 spiro atoms. The van der Waals surface area contributed by atoms with Gasteiger partial charge in [0.2, 0.25) is 6.79 Å². The molecule has 3 heterocycles. The fourth-order valence-electron chi connectivity index (χ4n) is 3.59. The summed E-state index contributed by atoms with van der Waals surface area (Å²) in [5.74, 6) is 1.51. The highest BCUT2D eigenvalue weighted by Crippen LogP contribution is 2.37. The van der Waals surface area contributed by atoms with Crippen LogP contribution in [0.4, 0.5) is 0 Å². The number of hydrogen-bond donors (Lipinski definition) is 0. The summed E-state index contributed by atoms with van der Waals surface area (Å²) in [5.41, 5.74) is 4.92. The highest BCUT2D eigenvalue weighted by Gasteiger charge is 2.21. The van der Waals surface area contributed by atoms with Gasteiger partial charge in [-0.05, 0) is 44.3 Å². The van der Waals surface area contributed by atoms with Crippen molar-refractivity contribution in [3.05, 3.63) is 78.3 Å². The molecule has 152 valence electrons. The van der Waals surface area contributed by atoms with Crippen LogP contribution in [0.2, 0.25) is 0 Å². The van der Waals surface area contributed by atoms with Crippen LogP contribution in [-0.2, 0) is 6.54 Å². The molecule has 7 nitrogen and oxygen atoms in total. The summed E-state index contributed by atoms with van der Waals surface area (Å²) in [6, 6.07) is 18.1. The molecule has 0 fully saturated rings. The zero-order valence-corrected chi connectivity index (χ0v) is 16.9. The van der Waals surface area contributed by atoms with E-state index in [9.17, 15) is 0 Å². The Morgan fingerprint density at radius 1 is 1.07 bits per heavy atom. The van der Waals surface area contributed by atoms with Crippen LogP contribution in [0.5, 0.6) is 11.5 Å². The van der Waals surface area contributed by atoms with Crippen LogP contribution in [0.25, 0.3) is 16.9 Å². The number of aromatic nitrogens is 3. The quantitative estimate of drug-likeness (QED) is 0.475. The van der Waals surface area contributed by atoms with Crippen molar-refractivity contribution < 1.29 is 14.0 Å². The van der Waals surface area contributed by atoms with E-state index < -0.39 is 0 Å². The SMILES string of the molecule is C[C@@H](c1ccon1)N(C)Cc1cn(-c2ccccc2)nc1-c1ccc2c(c1)OCO2. The summed E-state index contributed by atoms with van der Waals surface area (Å²) >= 11 is 0. The molecular formula is C23H22N4O3. The Hall–Kier alpha value is -3.58. The third-order valence-electron chi connectivity index (χ3n) is 5.42. The topological polar surface area (TPSA) is 65.6 Å². The summed E-state index contributed by atoms with van der Waals surface area (Å²) in [6.45, 7) is 3.06. The normalized spacial score (nSPS) is 13.7. The van der Waals surface area contributed by atoms with Gasteiger partial charge in [0.05, 0.1) is 17.4 Å². The molecule has 4 aromatic rings. The van der Waals surface area contributed by atoms with Crippen LogP contribution in [-0.4, -0.2) is 33.7 Å². The summed E-state index contributed by atoms with van der Waals surface area (Å²) in [4.78, 5) is 2.22. The van der Waals surface area contributed by atoms with Crippen LogP contribution < -0.4 is 9.47 Å². The average Bonchev–Trinajstić information content (AvgIpc) is 3.53. The van der Waals surface area contributed by atoms with Gasteiger partial charge in [-0.25, -0.2) is 4.68 Å². The van der Waals surface area contributed by atoms with Crippen molar-refractivity contribution in [1.29, 1.82) is 0 Å². The largest absolute Gasteiger partial charge is 0.454 e. The van der Waals surface area contributed by atoms with E-state index >= 15 is 0 Å². The number of ether oxygens (including phenoxy) is 2. The number of fused-ring (bicyclic) bond motifs is 1. The second kappa shape index (κ2) is 7.68. The molecule has 0 radical (unpaired) electrons. The van der Waals surface area contributed by atoms with Crippen molar-refractivity contribution >= 4 is 0 Å². The van der Waals surface area contributed by atoms with Gasteiger partial charge in [0.25, 0.3) is 0 Å². The Morgan fingerprint density at radius 3 is 2.70 bits per heavy atom. The summed E-state index contributed by atoms with van der Waals surface area (Å²) in [5, 5.41) is 8.99. The first kappa shape index (κ1) is 18.4. The molecule has 0 bridgehead atoms. The molecule has 30 heavy (non-hydrogen) atoms. The molecule has 1 atom stereocenters. The standard InChI is InChI=1S/C23H22N4O3/c1-16(20-10-11-30-25-20)26(2)13-18-14-27(19-6-4-3-5-7-19)24-23(18)17-8-9-21-22(12-17)29-15-28-21/h3-12,14,16H,13,15H2,1-2H3/t16-/m0/s1. The molecule has 0 amide bonds. The number of para-hydroxylation sites is 1. The predicted molar refractivity (Wildman–Crippen MR) is 112 cm³/mol. The van der Waals surface area contributed by atoms with Crippen molar-refractivity contribution in [2.45, 2.75) is 19.5 Å². The maximum Gasteiger partial charge on any atom is 0.231 e. The Labute approximate surface area is 174 Å². The van der Waals surface area contributed by atoms with Gasteiger partial charge in [0, 0.05) is 29.9 Å². The molecule has 0 saturated heterocycles. The second-order valence-corrected chi connectivity index (χ2v) is 7.37. The van der Waals surface area contributed by atoms with Crippen LogP contribution in [0.15, 0.2) is 71.6 Å². The first-order chi connectivity index (χ1) is 14.7. The molecule has 1 aliphatic heterocycles. The Bertz CT molecular complexity index is 1140. The lowest BCUT2D eigenvalue weighted by atomic mass is 10.1. The summed E-state index contributed by atoms with van der Waals surface area (Å²) < 4.78 is 18.0. The Balaban J connectivity index is 1.52. The van der Waals surface area contributed by atoms with Gasteiger partial charge >= 0.3 is 0 Å². The molecule has 2 aromatic carbocycles. The van der Waals surface area contributed by atoms with E-state index in [0.29, 0.717) is 6.54 Å². The van der Waals surface area contributed by atoms with E-state index in [1.165, 1.54) is 0 Å². The van der Waals surface area contributed by atoms with Crippen LogP contribution in [0.3, 0.4) is 0 Å². The molecule has 0 N–H and O–H groups in total. The number of rotatable bonds is 6. The maximum atomic E-state index is 5.57. The van der Waals surface area contributed by atoms with Gasteiger partial charge in [-0.2, -0.15) is 5.10 Å². The first-order valence-electron chi connectivity index (χ1n) is 9.83. The van der Waals surface area contributed by atoms with Crippen LogP contribution >= 0.6 is 0 Å². The Kier molecular flexibility index (Phi) is 4.72. The van der Waals surface area contributed by atoms with Gasteiger partial charge in [-0.15, -0.1) is 0 Å². The van der Waals surface area contributed by atoms with E-state index in [0.717, 1.165) is 39.7 Å². The van der Waals surface area contributed by atoms with Gasteiger partial charge in [-0.3, -0.25) is 4.90 Å². The van der Waals surface area contributed by atoms with Crippen molar-refractivity contribution in [3.8, 4) is 28.4 Å². The zero-order chi connectivity index (χ0) is 20.5. The smallest absolute Gasteiger partial charge is 0.231 e. The van der Waals surface area contributed by atoms with Crippen molar-refractivity contribution in [2.24, 2.45) is 0 Å². The summed E-state index contributed by atoms with van der Waals surface area (Å²) in [6.07, 6.45) is 3.69. The minimum atomic E-state index is 0.105. The van der Waals surface area contributed by atoms with E-state index in [4.69, 9.17) is 19.1 Å². The number of benzene rings is 2. The van der Waals surface area contributed by atoms with Crippen molar-refractivity contribution in [2.75, 3.05) is 13.8 Å². The molecular weight excluding hydrogens is 380 g/mol. The van der Waals surface area contributed by atoms with Crippen molar-refractivity contribution in [1.82, 2.24) is 19.8 Å².